The number of nitrogens with zero attached hydrogens (tertiary/aromatic N) is 2. The molecule has 94 valence electrons. The Labute approximate surface area is 100.0 Å². The standard InChI is InChI=1S/C13H27N3/c1-12-10-16(9-8-15(12)2)13(11-14)6-4-3-5-7-13/h12H,3-11,14H2,1-2H3. The monoisotopic (exact) mass is 225 g/mol. The first kappa shape index (κ1) is 12.3. The van der Waals surface area contributed by atoms with Gasteiger partial charge in [0.1, 0.15) is 0 Å². The van der Waals surface area contributed by atoms with Gasteiger partial charge in [0, 0.05) is 37.8 Å². The van der Waals surface area contributed by atoms with E-state index < -0.39 is 0 Å². The molecule has 3 heteroatoms. The molecule has 1 saturated carbocycles. The van der Waals surface area contributed by atoms with Crippen LogP contribution in [0.25, 0.3) is 0 Å². The average molecular weight is 225 g/mol. The van der Waals surface area contributed by atoms with Crippen molar-refractivity contribution in [2.75, 3.05) is 33.2 Å². The molecular formula is C13H27N3. The molecule has 0 amide bonds. The first-order valence-corrected chi connectivity index (χ1v) is 6.83. The molecule has 2 rings (SSSR count). The second kappa shape index (κ2) is 5.03. The van der Waals surface area contributed by atoms with Crippen molar-refractivity contribution in [2.45, 2.75) is 50.6 Å². The Morgan fingerprint density at radius 2 is 1.88 bits per heavy atom. The predicted octanol–water partition coefficient (Wildman–Crippen LogP) is 1.28. The first-order chi connectivity index (χ1) is 7.68. The van der Waals surface area contributed by atoms with Crippen LogP contribution in [0.5, 0.6) is 0 Å². The highest BCUT2D eigenvalue weighted by molar-refractivity contribution is 4.97. The minimum absolute atomic E-state index is 0.341. The molecule has 1 aliphatic carbocycles. The van der Waals surface area contributed by atoms with Gasteiger partial charge in [0.2, 0.25) is 0 Å². The van der Waals surface area contributed by atoms with E-state index in [4.69, 9.17) is 5.73 Å². The van der Waals surface area contributed by atoms with Gasteiger partial charge in [-0.2, -0.15) is 0 Å². The van der Waals surface area contributed by atoms with E-state index in [1.165, 1.54) is 51.7 Å². The van der Waals surface area contributed by atoms with Crippen LogP contribution >= 0.6 is 0 Å². The molecule has 1 saturated heterocycles. The third kappa shape index (κ3) is 2.27. The summed E-state index contributed by atoms with van der Waals surface area (Å²) in [7, 11) is 2.23. The molecule has 0 aromatic heterocycles. The maximum absolute atomic E-state index is 6.09. The quantitative estimate of drug-likeness (QED) is 0.768. The van der Waals surface area contributed by atoms with E-state index in [1.54, 1.807) is 0 Å². The van der Waals surface area contributed by atoms with Crippen LogP contribution in [0, 0.1) is 0 Å². The van der Waals surface area contributed by atoms with Crippen LogP contribution < -0.4 is 5.73 Å². The molecular weight excluding hydrogens is 198 g/mol. The lowest BCUT2D eigenvalue weighted by Gasteiger charge is -2.50. The fourth-order valence-electron chi connectivity index (χ4n) is 3.34. The zero-order valence-electron chi connectivity index (χ0n) is 10.9. The molecule has 3 nitrogen and oxygen atoms in total. The molecule has 0 aromatic carbocycles. The van der Waals surface area contributed by atoms with Crippen LogP contribution in [-0.2, 0) is 0 Å². The Bertz CT molecular complexity index is 223. The van der Waals surface area contributed by atoms with Crippen LogP contribution in [0.2, 0.25) is 0 Å². The summed E-state index contributed by atoms with van der Waals surface area (Å²) in [6, 6.07) is 0.680. The van der Waals surface area contributed by atoms with E-state index in [-0.39, 0.29) is 0 Å². The molecule has 2 fully saturated rings. The second-order valence-electron chi connectivity index (χ2n) is 5.76. The van der Waals surface area contributed by atoms with Gasteiger partial charge in [-0.25, -0.2) is 0 Å². The van der Waals surface area contributed by atoms with Crippen LogP contribution in [0.1, 0.15) is 39.0 Å². The maximum atomic E-state index is 6.09. The van der Waals surface area contributed by atoms with E-state index in [0.717, 1.165) is 6.54 Å². The molecule has 1 unspecified atom stereocenters. The lowest BCUT2D eigenvalue weighted by Crippen LogP contribution is -2.62. The van der Waals surface area contributed by atoms with Gasteiger partial charge < -0.3 is 10.6 Å². The highest BCUT2D eigenvalue weighted by Crippen LogP contribution is 2.34. The summed E-state index contributed by atoms with van der Waals surface area (Å²) in [4.78, 5) is 5.15. The van der Waals surface area contributed by atoms with E-state index in [2.05, 4.69) is 23.8 Å². The van der Waals surface area contributed by atoms with Crippen molar-refractivity contribution in [2.24, 2.45) is 5.73 Å². The minimum Gasteiger partial charge on any atom is -0.329 e. The molecule has 16 heavy (non-hydrogen) atoms. The molecule has 0 aromatic rings. The Morgan fingerprint density at radius 1 is 1.19 bits per heavy atom. The molecule has 0 spiro atoms. The van der Waals surface area contributed by atoms with E-state index in [0.29, 0.717) is 11.6 Å². The van der Waals surface area contributed by atoms with Crippen LogP contribution in [0.15, 0.2) is 0 Å². The van der Waals surface area contributed by atoms with Crippen molar-refractivity contribution < 1.29 is 0 Å². The zero-order chi connectivity index (χ0) is 11.6. The first-order valence-electron chi connectivity index (χ1n) is 6.83. The van der Waals surface area contributed by atoms with Crippen molar-refractivity contribution in [1.29, 1.82) is 0 Å². The molecule has 1 heterocycles. The van der Waals surface area contributed by atoms with Crippen LogP contribution in [0.4, 0.5) is 0 Å². The topological polar surface area (TPSA) is 32.5 Å². The van der Waals surface area contributed by atoms with Gasteiger partial charge in [-0.1, -0.05) is 19.3 Å². The summed E-state index contributed by atoms with van der Waals surface area (Å²) in [6.45, 7) is 6.79. The van der Waals surface area contributed by atoms with E-state index in [1.807, 2.05) is 0 Å². The summed E-state index contributed by atoms with van der Waals surface area (Å²) in [5, 5.41) is 0. The summed E-state index contributed by atoms with van der Waals surface area (Å²) in [5.74, 6) is 0. The van der Waals surface area contributed by atoms with Crippen LogP contribution in [-0.4, -0.2) is 54.6 Å². The van der Waals surface area contributed by atoms with E-state index in [9.17, 15) is 0 Å². The summed E-state index contributed by atoms with van der Waals surface area (Å²) >= 11 is 0. The SMILES string of the molecule is CC1CN(C2(CN)CCCCC2)CCN1C. The Kier molecular flexibility index (Phi) is 3.88. The number of hydrogen-bond donors (Lipinski definition) is 1. The second-order valence-corrected chi connectivity index (χ2v) is 5.76. The fourth-order valence-corrected chi connectivity index (χ4v) is 3.34. The van der Waals surface area contributed by atoms with Crippen molar-refractivity contribution in [3.63, 3.8) is 0 Å². The maximum Gasteiger partial charge on any atom is 0.0332 e. The Hall–Kier alpha value is -0.120. The van der Waals surface area contributed by atoms with Gasteiger partial charge >= 0.3 is 0 Å². The largest absolute Gasteiger partial charge is 0.329 e. The van der Waals surface area contributed by atoms with Gasteiger partial charge in [0.15, 0.2) is 0 Å². The summed E-state index contributed by atoms with van der Waals surface area (Å²) in [5.41, 5.74) is 6.43. The molecule has 0 bridgehead atoms. The number of piperazine rings is 1. The third-order valence-corrected chi connectivity index (χ3v) is 4.79. The van der Waals surface area contributed by atoms with Gasteiger partial charge in [-0.3, -0.25) is 4.90 Å². The lowest BCUT2D eigenvalue weighted by atomic mass is 9.79. The lowest BCUT2D eigenvalue weighted by molar-refractivity contribution is -0.00216. The minimum atomic E-state index is 0.341. The van der Waals surface area contributed by atoms with Gasteiger partial charge in [0.05, 0.1) is 0 Å². The molecule has 2 aliphatic rings. The van der Waals surface area contributed by atoms with Gasteiger partial charge in [-0.05, 0) is 26.8 Å². The number of rotatable bonds is 2. The number of likely N-dealkylation sites (N-methyl/N-ethyl adjacent to an activating group) is 1. The molecule has 1 aliphatic heterocycles. The zero-order valence-corrected chi connectivity index (χ0v) is 10.9. The van der Waals surface area contributed by atoms with Gasteiger partial charge in [-0.15, -0.1) is 0 Å². The predicted molar refractivity (Wildman–Crippen MR) is 68.5 cm³/mol. The summed E-state index contributed by atoms with van der Waals surface area (Å²) < 4.78 is 0. The Morgan fingerprint density at radius 3 is 2.44 bits per heavy atom. The highest BCUT2D eigenvalue weighted by Gasteiger charge is 2.39. The van der Waals surface area contributed by atoms with Crippen LogP contribution in [0.3, 0.4) is 0 Å². The highest BCUT2D eigenvalue weighted by atomic mass is 15.3. The molecule has 2 N–H and O–H groups in total. The Balaban J connectivity index is 2.03. The smallest absolute Gasteiger partial charge is 0.0332 e. The normalized spacial score (nSPS) is 32.8. The number of hydrogen-bond acceptors (Lipinski definition) is 3. The van der Waals surface area contributed by atoms with Crippen molar-refractivity contribution in [3.05, 3.63) is 0 Å². The fraction of sp³-hybridized carbons (Fsp3) is 1.00. The van der Waals surface area contributed by atoms with Crippen molar-refractivity contribution in [3.8, 4) is 0 Å². The molecule has 1 atom stereocenters. The van der Waals surface area contributed by atoms with Crippen molar-refractivity contribution >= 4 is 0 Å². The summed E-state index contributed by atoms with van der Waals surface area (Å²) in [6.07, 6.45) is 6.79. The third-order valence-electron chi connectivity index (χ3n) is 4.79. The molecule has 0 radical (unpaired) electrons. The van der Waals surface area contributed by atoms with Gasteiger partial charge in [0.25, 0.3) is 0 Å². The van der Waals surface area contributed by atoms with E-state index >= 15 is 0 Å². The number of nitrogens with two attached hydrogens (primary N) is 1. The average Bonchev–Trinajstić information content (AvgIpc) is 2.33. The van der Waals surface area contributed by atoms with Crippen molar-refractivity contribution in [1.82, 2.24) is 9.80 Å².